The van der Waals surface area contributed by atoms with Crippen LogP contribution < -0.4 is 0 Å². The molecular weight excluding hydrogens is 181 g/mol. The Balaban J connectivity index is 2.84. The van der Waals surface area contributed by atoms with E-state index < -0.39 is 0 Å². The first-order chi connectivity index (χ1) is 6.59. The Morgan fingerprint density at radius 2 is 2.14 bits per heavy atom. The van der Waals surface area contributed by atoms with Gasteiger partial charge in [-0.05, 0) is 25.1 Å². The minimum absolute atomic E-state index is 0.00204. The third-order valence-corrected chi connectivity index (χ3v) is 2.33. The van der Waals surface area contributed by atoms with Crippen molar-refractivity contribution in [2.75, 3.05) is 0 Å². The fraction of sp³-hybridized carbons (Fsp3) is 0.182. The highest BCUT2D eigenvalue weighted by Crippen LogP contribution is 2.21. The Kier molecular flexibility index (Phi) is 1.88. The summed E-state index contributed by atoms with van der Waals surface area (Å²) in [5.74, 6) is -0.281. The van der Waals surface area contributed by atoms with E-state index in [2.05, 4.69) is 0 Å². The standard InChI is InChI=1S/C11H10FNO/c1-7(14)10-6-13(2)11-5-8(12)3-4-9(10)11/h3-6H,1-2H3. The molecule has 1 heterocycles. The zero-order valence-corrected chi connectivity index (χ0v) is 8.04. The zero-order valence-electron chi connectivity index (χ0n) is 8.04. The third-order valence-electron chi connectivity index (χ3n) is 2.33. The predicted octanol–water partition coefficient (Wildman–Crippen LogP) is 2.52. The van der Waals surface area contributed by atoms with Gasteiger partial charge in [-0.2, -0.15) is 0 Å². The summed E-state index contributed by atoms with van der Waals surface area (Å²) in [6, 6.07) is 4.44. The van der Waals surface area contributed by atoms with E-state index in [-0.39, 0.29) is 11.6 Å². The van der Waals surface area contributed by atoms with Crippen molar-refractivity contribution >= 4 is 16.7 Å². The normalized spacial score (nSPS) is 10.8. The summed E-state index contributed by atoms with van der Waals surface area (Å²) in [4.78, 5) is 11.3. The van der Waals surface area contributed by atoms with E-state index >= 15 is 0 Å². The minimum Gasteiger partial charge on any atom is -0.350 e. The third kappa shape index (κ3) is 1.21. The molecule has 14 heavy (non-hydrogen) atoms. The molecule has 0 N–H and O–H groups in total. The van der Waals surface area contributed by atoms with E-state index in [1.165, 1.54) is 19.1 Å². The van der Waals surface area contributed by atoms with Crippen LogP contribution in [-0.2, 0) is 7.05 Å². The fourth-order valence-corrected chi connectivity index (χ4v) is 1.64. The Hall–Kier alpha value is -1.64. The molecule has 0 radical (unpaired) electrons. The van der Waals surface area contributed by atoms with Crippen molar-refractivity contribution in [1.29, 1.82) is 0 Å². The summed E-state index contributed by atoms with van der Waals surface area (Å²) >= 11 is 0. The predicted molar refractivity (Wildman–Crippen MR) is 52.9 cm³/mol. The number of carbonyl (C=O) groups is 1. The van der Waals surface area contributed by atoms with Crippen LogP contribution in [0.15, 0.2) is 24.4 Å². The molecule has 1 aromatic heterocycles. The van der Waals surface area contributed by atoms with Crippen molar-refractivity contribution in [1.82, 2.24) is 4.57 Å². The molecular formula is C11H10FNO. The van der Waals surface area contributed by atoms with Crippen LogP contribution in [0.5, 0.6) is 0 Å². The molecule has 0 saturated heterocycles. The van der Waals surface area contributed by atoms with Crippen LogP contribution in [0.4, 0.5) is 4.39 Å². The van der Waals surface area contributed by atoms with Gasteiger partial charge in [0.05, 0.1) is 5.52 Å². The number of ketones is 1. The van der Waals surface area contributed by atoms with Crippen LogP contribution in [0.25, 0.3) is 10.9 Å². The number of rotatable bonds is 1. The highest BCUT2D eigenvalue weighted by atomic mass is 19.1. The number of Topliss-reactive ketones (excluding diaryl/α,β-unsaturated/α-hetero) is 1. The van der Waals surface area contributed by atoms with E-state index in [4.69, 9.17) is 0 Å². The molecule has 0 spiro atoms. The van der Waals surface area contributed by atoms with Gasteiger partial charge in [0.2, 0.25) is 0 Å². The largest absolute Gasteiger partial charge is 0.350 e. The average Bonchev–Trinajstić information content (AvgIpc) is 2.44. The summed E-state index contributed by atoms with van der Waals surface area (Å²) in [6.45, 7) is 1.51. The van der Waals surface area contributed by atoms with E-state index in [1.54, 1.807) is 23.9 Å². The summed E-state index contributed by atoms with van der Waals surface area (Å²) in [6.07, 6.45) is 1.73. The van der Waals surface area contributed by atoms with Crippen LogP contribution in [0.1, 0.15) is 17.3 Å². The van der Waals surface area contributed by atoms with E-state index in [0.29, 0.717) is 5.56 Å². The molecule has 0 amide bonds. The van der Waals surface area contributed by atoms with Gasteiger partial charge in [-0.25, -0.2) is 4.39 Å². The lowest BCUT2D eigenvalue weighted by Crippen LogP contribution is -1.88. The van der Waals surface area contributed by atoms with Crippen molar-refractivity contribution < 1.29 is 9.18 Å². The highest BCUT2D eigenvalue weighted by Gasteiger charge is 2.10. The highest BCUT2D eigenvalue weighted by molar-refractivity contribution is 6.06. The van der Waals surface area contributed by atoms with Crippen molar-refractivity contribution in [2.24, 2.45) is 7.05 Å². The lowest BCUT2D eigenvalue weighted by molar-refractivity contribution is 0.101. The summed E-state index contributed by atoms with van der Waals surface area (Å²) in [7, 11) is 1.80. The lowest BCUT2D eigenvalue weighted by Gasteiger charge is -1.95. The second kappa shape index (κ2) is 2.94. The smallest absolute Gasteiger partial charge is 0.161 e. The first-order valence-corrected chi connectivity index (χ1v) is 4.35. The number of benzene rings is 1. The van der Waals surface area contributed by atoms with Crippen molar-refractivity contribution in [3.8, 4) is 0 Å². The van der Waals surface area contributed by atoms with Gasteiger partial charge in [0.15, 0.2) is 5.78 Å². The molecule has 0 saturated carbocycles. The SMILES string of the molecule is CC(=O)c1cn(C)c2cc(F)ccc12. The number of aryl methyl sites for hydroxylation is 1. The van der Waals surface area contributed by atoms with Crippen molar-refractivity contribution in [2.45, 2.75) is 6.92 Å². The van der Waals surface area contributed by atoms with Gasteiger partial charge >= 0.3 is 0 Å². The van der Waals surface area contributed by atoms with E-state index in [1.807, 2.05) is 0 Å². The number of hydrogen-bond donors (Lipinski definition) is 0. The number of hydrogen-bond acceptors (Lipinski definition) is 1. The molecule has 2 nitrogen and oxygen atoms in total. The fourth-order valence-electron chi connectivity index (χ4n) is 1.64. The Morgan fingerprint density at radius 3 is 2.79 bits per heavy atom. The van der Waals surface area contributed by atoms with Crippen molar-refractivity contribution in [3.05, 3.63) is 35.8 Å². The molecule has 2 rings (SSSR count). The van der Waals surface area contributed by atoms with E-state index in [0.717, 1.165) is 10.9 Å². The van der Waals surface area contributed by atoms with Gasteiger partial charge in [-0.15, -0.1) is 0 Å². The molecule has 0 aliphatic heterocycles. The van der Waals surface area contributed by atoms with Crippen LogP contribution in [0.3, 0.4) is 0 Å². The van der Waals surface area contributed by atoms with Crippen LogP contribution in [0.2, 0.25) is 0 Å². The monoisotopic (exact) mass is 191 g/mol. The van der Waals surface area contributed by atoms with Crippen LogP contribution in [0, 0.1) is 5.82 Å². The molecule has 72 valence electrons. The Bertz CT molecular complexity index is 513. The van der Waals surface area contributed by atoms with Gasteiger partial charge < -0.3 is 4.57 Å². The number of halogens is 1. The topological polar surface area (TPSA) is 22.0 Å². The number of fused-ring (bicyclic) bond motifs is 1. The maximum absolute atomic E-state index is 12.9. The van der Waals surface area contributed by atoms with Gasteiger partial charge in [0.1, 0.15) is 5.82 Å². The quantitative estimate of drug-likeness (QED) is 0.635. The molecule has 2 aromatic rings. The molecule has 0 unspecified atom stereocenters. The minimum atomic E-state index is -0.284. The van der Waals surface area contributed by atoms with Gasteiger partial charge in [0, 0.05) is 24.2 Å². The summed E-state index contributed by atoms with van der Waals surface area (Å²) in [5, 5.41) is 0.807. The molecule has 0 atom stereocenters. The molecule has 0 aliphatic rings. The number of aromatic nitrogens is 1. The Labute approximate surface area is 81.0 Å². The van der Waals surface area contributed by atoms with Crippen LogP contribution in [-0.4, -0.2) is 10.4 Å². The second-order valence-electron chi connectivity index (χ2n) is 3.37. The van der Waals surface area contributed by atoms with Crippen LogP contribution >= 0.6 is 0 Å². The second-order valence-corrected chi connectivity index (χ2v) is 3.37. The van der Waals surface area contributed by atoms with Gasteiger partial charge in [-0.1, -0.05) is 0 Å². The zero-order chi connectivity index (χ0) is 10.3. The van der Waals surface area contributed by atoms with Gasteiger partial charge in [-0.3, -0.25) is 4.79 Å². The Morgan fingerprint density at radius 1 is 1.43 bits per heavy atom. The number of carbonyl (C=O) groups excluding carboxylic acids is 1. The van der Waals surface area contributed by atoms with Crippen molar-refractivity contribution in [3.63, 3.8) is 0 Å². The molecule has 0 bridgehead atoms. The first kappa shape index (κ1) is 8.94. The van der Waals surface area contributed by atoms with E-state index in [9.17, 15) is 9.18 Å². The molecule has 1 aromatic carbocycles. The summed E-state index contributed by atoms with van der Waals surface area (Å²) in [5.41, 5.74) is 1.39. The van der Waals surface area contributed by atoms with Gasteiger partial charge in [0.25, 0.3) is 0 Å². The summed E-state index contributed by atoms with van der Waals surface area (Å²) < 4.78 is 14.7. The average molecular weight is 191 g/mol. The number of nitrogens with zero attached hydrogens (tertiary/aromatic N) is 1. The lowest BCUT2D eigenvalue weighted by atomic mass is 10.1. The molecule has 3 heteroatoms. The molecule has 0 aliphatic carbocycles. The first-order valence-electron chi connectivity index (χ1n) is 4.35. The molecule has 0 fully saturated rings. The maximum Gasteiger partial charge on any atom is 0.161 e. The maximum atomic E-state index is 12.9.